The van der Waals surface area contributed by atoms with E-state index in [-0.39, 0.29) is 18.2 Å². The van der Waals surface area contributed by atoms with E-state index in [2.05, 4.69) is 5.32 Å². The van der Waals surface area contributed by atoms with Crippen LogP contribution >= 0.6 is 0 Å². The van der Waals surface area contributed by atoms with Gasteiger partial charge in [-0.1, -0.05) is 0 Å². The molecule has 0 aromatic heterocycles. The summed E-state index contributed by atoms with van der Waals surface area (Å²) in [5, 5.41) is 12.4. The van der Waals surface area contributed by atoms with E-state index in [0.717, 1.165) is 11.1 Å². The number of carbonyl (C=O) groups is 1. The van der Waals surface area contributed by atoms with Crippen molar-refractivity contribution in [3.05, 3.63) is 23.3 Å². The molecule has 0 heterocycles. The highest BCUT2D eigenvalue weighted by Gasteiger charge is 2.26. The molecule has 1 aromatic rings. The van der Waals surface area contributed by atoms with Gasteiger partial charge in [-0.2, -0.15) is 0 Å². The predicted octanol–water partition coefficient (Wildman–Crippen LogP) is 1.93. The SMILES string of the molecule is Cc1cc(NC(=O)C(C)(C)CN)c(C)cc1O. The largest absolute Gasteiger partial charge is 0.508 e. The van der Waals surface area contributed by atoms with Gasteiger partial charge in [-0.3, -0.25) is 4.79 Å². The minimum absolute atomic E-state index is 0.117. The second-order valence-electron chi connectivity index (χ2n) is 5.00. The summed E-state index contributed by atoms with van der Waals surface area (Å²) < 4.78 is 0. The standard InChI is InChI=1S/C13H20N2O2/c1-8-6-11(16)9(2)5-10(8)15-12(17)13(3,4)7-14/h5-6,16H,7,14H2,1-4H3,(H,15,17). The lowest BCUT2D eigenvalue weighted by molar-refractivity contribution is -0.123. The number of phenols is 1. The molecule has 0 aliphatic heterocycles. The van der Waals surface area contributed by atoms with Crippen LogP contribution in [-0.2, 0) is 4.79 Å². The van der Waals surface area contributed by atoms with Gasteiger partial charge in [0.2, 0.25) is 5.91 Å². The molecule has 4 N–H and O–H groups in total. The third kappa shape index (κ3) is 2.97. The molecule has 17 heavy (non-hydrogen) atoms. The molecule has 0 aliphatic carbocycles. The van der Waals surface area contributed by atoms with Crippen molar-refractivity contribution in [1.29, 1.82) is 0 Å². The summed E-state index contributed by atoms with van der Waals surface area (Å²) in [6.07, 6.45) is 0. The Labute approximate surface area is 102 Å². The molecule has 94 valence electrons. The first-order chi connectivity index (χ1) is 7.77. The number of carbonyl (C=O) groups excluding carboxylic acids is 1. The highest BCUT2D eigenvalue weighted by atomic mass is 16.3. The topological polar surface area (TPSA) is 75.4 Å². The normalized spacial score (nSPS) is 11.4. The maximum Gasteiger partial charge on any atom is 0.231 e. The number of anilines is 1. The Morgan fingerprint density at radius 2 is 1.94 bits per heavy atom. The van der Waals surface area contributed by atoms with E-state index in [4.69, 9.17) is 5.73 Å². The highest BCUT2D eigenvalue weighted by molar-refractivity contribution is 5.95. The van der Waals surface area contributed by atoms with Gasteiger partial charge in [0.1, 0.15) is 5.75 Å². The van der Waals surface area contributed by atoms with E-state index in [1.807, 2.05) is 6.92 Å². The Kier molecular flexibility index (Phi) is 3.78. The first kappa shape index (κ1) is 13.5. The Balaban J connectivity index is 2.97. The fraction of sp³-hybridized carbons (Fsp3) is 0.462. The van der Waals surface area contributed by atoms with Gasteiger partial charge in [0.25, 0.3) is 0 Å². The first-order valence-corrected chi connectivity index (χ1v) is 5.59. The van der Waals surface area contributed by atoms with Crippen molar-refractivity contribution in [2.24, 2.45) is 11.1 Å². The van der Waals surface area contributed by atoms with E-state index < -0.39 is 5.41 Å². The minimum atomic E-state index is -0.599. The van der Waals surface area contributed by atoms with Crippen LogP contribution < -0.4 is 11.1 Å². The van der Waals surface area contributed by atoms with E-state index in [9.17, 15) is 9.90 Å². The third-order valence-corrected chi connectivity index (χ3v) is 2.92. The number of aromatic hydroxyl groups is 1. The van der Waals surface area contributed by atoms with Gasteiger partial charge in [-0.05, 0) is 51.0 Å². The average molecular weight is 236 g/mol. The molecule has 4 heteroatoms. The van der Waals surface area contributed by atoms with Crippen molar-refractivity contribution in [1.82, 2.24) is 0 Å². The smallest absolute Gasteiger partial charge is 0.231 e. The molecule has 4 nitrogen and oxygen atoms in total. The van der Waals surface area contributed by atoms with Gasteiger partial charge in [0, 0.05) is 12.2 Å². The zero-order valence-electron chi connectivity index (χ0n) is 10.8. The molecule has 0 unspecified atom stereocenters. The van der Waals surface area contributed by atoms with Crippen LogP contribution in [0.25, 0.3) is 0 Å². The molecule has 0 radical (unpaired) electrons. The fourth-order valence-corrected chi connectivity index (χ4v) is 1.32. The number of amides is 1. The fourth-order valence-electron chi connectivity index (χ4n) is 1.32. The number of hydrogen-bond donors (Lipinski definition) is 3. The monoisotopic (exact) mass is 236 g/mol. The molecule has 1 amide bonds. The van der Waals surface area contributed by atoms with Crippen molar-refractivity contribution in [3.63, 3.8) is 0 Å². The number of benzene rings is 1. The number of nitrogens with one attached hydrogen (secondary N) is 1. The van der Waals surface area contributed by atoms with Crippen molar-refractivity contribution in [3.8, 4) is 5.75 Å². The first-order valence-electron chi connectivity index (χ1n) is 5.59. The maximum absolute atomic E-state index is 12.0. The van der Waals surface area contributed by atoms with Crippen molar-refractivity contribution >= 4 is 11.6 Å². The lowest BCUT2D eigenvalue weighted by Crippen LogP contribution is -2.37. The Hall–Kier alpha value is -1.55. The summed E-state index contributed by atoms with van der Waals surface area (Å²) in [5.74, 6) is 0.117. The van der Waals surface area contributed by atoms with Gasteiger partial charge < -0.3 is 16.2 Å². The molecule has 1 rings (SSSR count). The van der Waals surface area contributed by atoms with E-state index in [0.29, 0.717) is 5.69 Å². The second kappa shape index (κ2) is 4.75. The molecule has 0 fully saturated rings. The quantitative estimate of drug-likeness (QED) is 0.702. The molecule has 0 aliphatic rings. The number of rotatable bonds is 3. The molecule has 0 atom stereocenters. The van der Waals surface area contributed by atoms with Crippen LogP contribution in [0.5, 0.6) is 5.75 Å². The molecule has 0 bridgehead atoms. The van der Waals surface area contributed by atoms with Crippen molar-refractivity contribution < 1.29 is 9.90 Å². The number of hydrogen-bond acceptors (Lipinski definition) is 3. The van der Waals surface area contributed by atoms with Gasteiger partial charge >= 0.3 is 0 Å². The average Bonchev–Trinajstić information content (AvgIpc) is 2.25. The van der Waals surface area contributed by atoms with Gasteiger partial charge in [0.05, 0.1) is 5.41 Å². The summed E-state index contributed by atoms with van der Waals surface area (Å²) in [6.45, 7) is 7.51. The predicted molar refractivity (Wildman–Crippen MR) is 69.0 cm³/mol. The van der Waals surface area contributed by atoms with Crippen LogP contribution in [0.2, 0.25) is 0 Å². The van der Waals surface area contributed by atoms with Gasteiger partial charge in [0.15, 0.2) is 0 Å². The van der Waals surface area contributed by atoms with Crippen LogP contribution in [0.3, 0.4) is 0 Å². The summed E-state index contributed by atoms with van der Waals surface area (Å²) >= 11 is 0. The Morgan fingerprint density at radius 3 is 2.47 bits per heavy atom. The molecule has 0 saturated heterocycles. The second-order valence-corrected chi connectivity index (χ2v) is 5.00. The summed E-state index contributed by atoms with van der Waals surface area (Å²) in [5.41, 5.74) is 7.23. The van der Waals surface area contributed by atoms with Crippen LogP contribution in [0, 0.1) is 19.3 Å². The molecular formula is C13H20N2O2. The molecule has 0 saturated carbocycles. The van der Waals surface area contributed by atoms with Crippen molar-refractivity contribution in [2.45, 2.75) is 27.7 Å². The molecule has 1 aromatic carbocycles. The van der Waals surface area contributed by atoms with Crippen LogP contribution in [0.1, 0.15) is 25.0 Å². The van der Waals surface area contributed by atoms with Gasteiger partial charge in [-0.25, -0.2) is 0 Å². The van der Waals surface area contributed by atoms with Gasteiger partial charge in [-0.15, -0.1) is 0 Å². The zero-order chi connectivity index (χ0) is 13.2. The lowest BCUT2D eigenvalue weighted by Gasteiger charge is -2.22. The highest BCUT2D eigenvalue weighted by Crippen LogP contribution is 2.26. The summed E-state index contributed by atoms with van der Waals surface area (Å²) in [7, 11) is 0. The Morgan fingerprint density at radius 1 is 1.35 bits per heavy atom. The van der Waals surface area contributed by atoms with E-state index in [1.54, 1.807) is 32.9 Å². The molecule has 0 spiro atoms. The van der Waals surface area contributed by atoms with Crippen LogP contribution in [0.15, 0.2) is 12.1 Å². The number of aryl methyl sites for hydroxylation is 2. The molecular weight excluding hydrogens is 216 g/mol. The van der Waals surface area contributed by atoms with E-state index >= 15 is 0 Å². The van der Waals surface area contributed by atoms with Crippen LogP contribution in [-0.4, -0.2) is 17.6 Å². The number of nitrogens with two attached hydrogens (primary N) is 1. The Bertz CT molecular complexity index is 439. The lowest BCUT2D eigenvalue weighted by atomic mass is 9.92. The van der Waals surface area contributed by atoms with E-state index in [1.165, 1.54) is 0 Å². The summed E-state index contributed by atoms with van der Waals surface area (Å²) in [4.78, 5) is 12.0. The summed E-state index contributed by atoms with van der Waals surface area (Å²) in [6, 6.07) is 3.40. The van der Waals surface area contributed by atoms with Crippen LogP contribution in [0.4, 0.5) is 5.69 Å². The number of phenolic OH excluding ortho intramolecular Hbond substituents is 1. The maximum atomic E-state index is 12.0. The minimum Gasteiger partial charge on any atom is -0.508 e. The van der Waals surface area contributed by atoms with Crippen molar-refractivity contribution in [2.75, 3.05) is 11.9 Å². The third-order valence-electron chi connectivity index (χ3n) is 2.92. The zero-order valence-corrected chi connectivity index (χ0v) is 10.8.